The molecule has 0 aromatic rings. The summed E-state index contributed by atoms with van der Waals surface area (Å²) in [5.74, 6) is -0.182. The maximum Gasteiger partial charge on any atom is 0.157 e. The fourth-order valence-corrected chi connectivity index (χ4v) is 4.52. The molecule has 1 saturated heterocycles. The zero-order valence-corrected chi connectivity index (χ0v) is 11.2. The molecule has 1 aliphatic rings. The third-order valence-corrected chi connectivity index (χ3v) is 5.56. The topological polar surface area (TPSA) is 104 Å². The van der Waals surface area contributed by atoms with Crippen LogP contribution in [0.1, 0.15) is 20.8 Å². The number of sulfone groups is 1. The Hall–Kier alpha value is -0.820. The molecule has 2 atom stereocenters. The summed E-state index contributed by atoms with van der Waals surface area (Å²) in [6, 6.07) is -0.690. The molecule has 2 unspecified atom stereocenters. The molecule has 6 nitrogen and oxygen atoms in total. The monoisotopic (exact) mass is 263 g/mol. The molecule has 7 heteroatoms. The normalized spacial score (nSPS) is 29.8. The first-order valence-electron chi connectivity index (χ1n) is 5.47. The van der Waals surface area contributed by atoms with Gasteiger partial charge in [-0.1, -0.05) is 20.8 Å². The van der Waals surface area contributed by atoms with Crippen molar-refractivity contribution in [3.63, 3.8) is 0 Å². The lowest BCUT2D eigenvalue weighted by atomic mass is 9.91. The molecule has 100 valence electrons. The predicted octanol–water partition coefficient (Wildman–Crippen LogP) is -1.20. The van der Waals surface area contributed by atoms with Crippen LogP contribution in [0.3, 0.4) is 0 Å². The van der Waals surface area contributed by atoms with E-state index in [0.29, 0.717) is 0 Å². The van der Waals surface area contributed by atoms with Crippen LogP contribution in [0.2, 0.25) is 0 Å². The number of amides is 1. The quantitative estimate of drug-likeness (QED) is 0.591. The Morgan fingerprint density at radius 2 is 1.88 bits per heavy atom. The van der Waals surface area contributed by atoms with Crippen molar-refractivity contribution < 1.29 is 18.3 Å². The van der Waals surface area contributed by atoms with Crippen molar-refractivity contribution in [3.8, 4) is 0 Å². The number of nitrogens with zero attached hydrogens (tertiary/aromatic N) is 1. The van der Waals surface area contributed by atoms with Crippen molar-refractivity contribution in [3.05, 3.63) is 0 Å². The van der Waals surface area contributed by atoms with E-state index in [0.717, 1.165) is 4.90 Å². The number of carbonyl (C=O) groups excluding carboxylic acids is 1. The lowest BCUT2D eigenvalue weighted by Gasteiger charge is -2.33. The largest absolute Gasteiger partial charge is 0.530 e. The molecule has 0 aromatic heterocycles. The van der Waals surface area contributed by atoms with Crippen molar-refractivity contribution in [1.29, 1.82) is 0 Å². The molecule has 1 aliphatic heterocycles. The van der Waals surface area contributed by atoms with Crippen LogP contribution < -0.4 is 10.8 Å². The molecule has 1 amide bonds. The van der Waals surface area contributed by atoms with E-state index in [1.54, 1.807) is 20.8 Å². The van der Waals surface area contributed by atoms with Gasteiger partial charge in [-0.15, -0.1) is 0 Å². The summed E-state index contributed by atoms with van der Waals surface area (Å²) < 4.78 is 24.2. The fraction of sp³-hybridized carbons (Fsp3) is 0.900. The standard InChI is InChI=1S/C10H20N2O4S/c1-10(2,3)8-5-12(9(13)14)4-7(11)6-17(8,15)16/h7-8H,4-6,11H2,1-3H3,(H,13,14)/p-1. The van der Waals surface area contributed by atoms with Gasteiger partial charge in [0.1, 0.15) is 6.09 Å². The molecule has 0 spiro atoms. The molecule has 0 aromatic carbocycles. The molecule has 0 saturated carbocycles. The molecule has 1 heterocycles. The first-order valence-corrected chi connectivity index (χ1v) is 7.18. The van der Waals surface area contributed by atoms with Gasteiger partial charge in [-0.05, 0) is 5.41 Å². The van der Waals surface area contributed by atoms with Gasteiger partial charge in [-0.3, -0.25) is 0 Å². The van der Waals surface area contributed by atoms with E-state index in [2.05, 4.69) is 0 Å². The van der Waals surface area contributed by atoms with Crippen LogP contribution in [0.4, 0.5) is 4.79 Å². The molecule has 0 aliphatic carbocycles. The van der Waals surface area contributed by atoms with Gasteiger partial charge in [0.25, 0.3) is 0 Å². The van der Waals surface area contributed by atoms with E-state index in [9.17, 15) is 18.3 Å². The summed E-state index contributed by atoms with van der Waals surface area (Å²) in [5.41, 5.74) is 5.10. The molecular weight excluding hydrogens is 244 g/mol. The Kier molecular flexibility index (Phi) is 3.73. The third kappa shape index (κ3) is 3.32. The van der Waals surface area contributed by atoms with E-state index in [4.69, 9.17) is 5.73 Å². The summed E-state index contributed by atoms with van der Waals surface area (Å²) in [7, 11) is -3.39. The van der Waals surface area contributed by atoms with Gasteiger partial charge >= 0.3 is 0 Å². The number of hydrogen-bond donors (Lipinski definition) is 1. The Morgan fingerprint density at radius 1 is 1.35 bits per heavy atom. The Balaban J connectivity index is 3.12. The van der Waals surface area contributed by atoms with Crippen molar-refractivity contribution in [2.24, 2.45) is 11.1 Å². The Labute approximate surface area is 102 Å². The average Bonchev–Trinajstić information content (AvgIpc) is 2.18. The minimum atomic E-state index is -3.39. The SMILES string of the molecule is CC(C)(C)C1CN(C(=O)[O-])CC(N)CS1(=O)=O. The average molecular weight is 263 g/mol. The number of rotatable bonds is 0. The summed E-state index contributed by atoms with van der Waals surface area (Å²) >= 11 is 0. The molecule has 1 rings (SSSR count). The van der Waals surface area contributed by atoms with Crippen LogP contribution in [0, 0.1) is 5.41 Å². The molecule has 1 fully saturated rings. The number of hydrogen-bond acceptors (Lipinski definition) is 5. The van der Waals surface area contributed by atoms with Crippen molar-refractivity contribution in [2.45, 2.75) is 32.1 Å². The van der Waals surface area contributed by atoms with Gasteiger partial charge in [0, 0.05) is 19.1 Å². The molecule has 2 N–H and O–H groups in total. The second-order valence-electron chi connectivity index (χ2n) is 5.62. The predicted molar refractivity (Wildman–Crippen MR) is 62.0 cm³/mol. The van der Waals surface area contributed by atoms with Crippen LogP contribution >= 0.6 is 0 Å². The lowest BCUT2D eigenvalue weighted by Crippen LogP contribution is -2.49. The molecule has 17 heavy (non-hydrogen) atoms. The van der Waals surface area contributed by atoms with E-state index >= 15 is 0 Å². The van der Waals surface area contributed by atoms with Crippen LogP contribution in [0.15, 0.2) is 0 Å². The maximum absolute atomic E-state index is 12.1. The van der Waals surface area contributed by atoms with Gasteiger partial charge in [-0.2, -0.15) is 0 Å². The first kappa shape index (κ1) is 14.2. The van der Waals surface area contributed by atoms with Gasteiger partial charge in [0.15, 0.2) is 9.84 Å². The Morgan fingerprint density at radius 3 is 2.29 bits per heavy atom. The highest BCUT2D eigenvalue weighted by Gasteiger charge is 2.41. The summed E-state index contributed by atoms with van der Waals surface area (Å²) in [5, 5.41) is 10.2. The van der Waals surface area contributed by atoms with Gasteiger partial charge in [0.05, 0.1) is 11.0 Å². The van der Waals surface area contributed by atoms with Crippen molar-refractivity contribution >= 4 is 15.9 Å². The second-order valence-corrected chi connectivity index (χ2v) is 7.84. The second kappa shape index (κ2) is 4.45. The first-order chi connectivity index (χ1) is 7.54. The zero-order chi connectivity index (χ0) is 13.4. The van der Waals surface area contributed by atoms with E-state index in [1.165, 1.54) is 0 Å². The van der Waals surface area contributed by atoms with Crippen LogP contribution in [-0.4, -0.2) is 49.5 Å². The third-order valence-electron chi connectivity index (χ3n) is 2.95. The lowest BCUT2D eigenvalue weighted by molar-refractivity contribution is -0.265. The van der Waals surface area contributed by atoms with Crippen molar-refractivity contribution in [2.75, 3.05) is 18.8 Å². The number of carbonyl (C=O) groups is 1. The fourth-order valence-electron chi connectivity index (χ4n) is 2.10. The minimum Gasteiger partial charge on any atom is -0.530 e. The highest BCUT2D eigenvalue weighted by molar-refractivity contribution is 7.92. The molecular formula is C10H19N2O4S-. The maximum atomic E-state index is 12.1. The number of carboxylic acid groups (broad SMARTS) is 1. The summed E-state index contributed by atoms with van der Waals surface area (Å²) in [6.45, 7) is 5.27. The van der Waals surface area contributed by atoms with Gasteiger partial charge in [-0.25, -0.2) is 8.42 Å². The zero-order valence-electron chi connectivity index (χ0n) is 10.3. The highest BCUT2D eigenvalue weighted by Crippen LogP contribution is 2.29. The van der Waals surface area contributed by atoms with Crippen molar-refractivity contribution in [1.82, 2.24) is 4.90 Å². The van der Waals surface area contributed by atoms with Crippen LogP contribution in [0.25, 0.3) is 0 Å². The van der Waals surface area contributed by atoms with E-state index in [1.807, 2.05) is 0 Å². The number of nitrogens with two attached hydrogens (primary N) is 1. The van der Waals surface area contributed by atoms with Gasteiger partial charge in [0.2, 0.25) is 0 Å². The van der Waals surface area contributed by atoms with E-state index in [-0.39, 0.29) is 18.8 Å². The Bertz CT molecular complexity index is 399. The highest BCUT2D eigenvalue weighted by atomic mass is 32.2. The molecule has 0 radical (unpaired) electrons. The van der Waals surface area contributed by atoms with Crippen LogP contribution in [0.5, 0.6) is 0 Å². The smallest absolute Gasteiger partial charge is 0.157 e. The summed E-state index contributed by atoms with van der Waals surface area (Å²) in [4.78, 5) is 11.9. The minimum absolute atomic E-state index is 0.00808. The van der Waals surface area contributed by atoms with Crippen LogP contribution in [-0.2, 0) is 9.84 Å². The van der Waals surface area contributed by atoms with Gasteiger partial charge < -0.3 is 20.5 Å². The molecule has 0 bridgehead atoms. The summed E-state index contributed by atoms with van der Waals surface area (Å²) in [6.07, 6.45) is -1.37. The van der Waals surface area contributed by atoms with E-state index < -0.39 is 32.6 Å².